The van der Waals surface area contributed by atoms with Gasteiger partial charge in [0.05, 0.1) is 0 Å². The number of nitrogens with one attached hydrogen (secondary N) is 1. The molecule has 6 heteroatoms. The topological polar surface area (TPSA) is 93.3 Å². The fourth-order valence-electron chi connectivity index (χ4n) is 0.823. The van der Waals surface area contributed by atoms with Gasteiger partial charge in [0.15, 0.2) is 5.11 Å². The normalized spacial score (nSPS) is 31.4. The fraction of sp³-hybridized carbons (Fsp3) is 0.400. The molecule has 11 heavy (non-hydrogen) atoms. The van der Waals surface area contributed by atoms with Crippen molar-refractivity contribution < 1.29 is 0 Å². The summed E-state index contributed by atoms with van der Waals surface area (Å²) < 4.78 is 0. The molecule has 5 nitrogen and oxygen atoms in total. The lowest BCUT2D eigenvalue weighted by Gasteiger charge is -2.37. The largest absolute Gasteiger partial charge is 0.385 e. The lowest BCUT2D eigenvalue weighted by molar-refractivity contribution is 0.250. The molecule has 7 N–H and O–H groups in total. The van der Waals surface area contributed by atoms with E-state index in [0.29, 0.717) is 10.9 Å². The van der Waals surface area contributed by atoms with Crippen LogP contribution in [0.5, 0.6) is 0 Å². The van der Waals surface area contributed by atoms with Gasteiger partial charge in [-0.15, -0.1) is 0 Å². The van der Waals surface area contributed by atoms with Gasteiger partial charge >= 0.3 is 0 Å². The maximum absolute atomic E-state index is 5.72. The van der Waals surface area contributed by atoms with Gasteiger partial charge in [-0.25, -0.2) is 5.84 Å². The van der Waals surface area contributed by atoms with Crippen LogP contribution in [0.2, 0.25) is 0 Å². The lowest BCUT2D eigenvalue weighted by atomic mass is 10.2. The highest BCUT2D eigenvalue weighted by molar-refractivity contribution is 7.80. The molecular formula is C5H11N5S. The molecule has 0 radical (unpaired) electrons. The molecule has 62 valence electrons. The summed E-state index contributed by atoms with van der Waals surface area (Å²) in [5.74, 6) is 5.95. The number of hydrazine groups is 1. The predicted octanol–water partition coefficient (Wildman–Crippen LogP) is -1.47. The Hall–Kier alpha value is -0.850. The molecule has 0 aromatic heterocycles. The standard InChI is InChI=1S/C5H11N5S/c1-5(7)2-3(6)9-4(11)10(5)8/h2H,6-8H2,1H3,(H,9,11). The third-order valence-corrected chi connectivity index (χ3v) is 1.74. The summed E-state index contributed by atoms with van der Waals surface area (Å²) in [6, 6.07) is 0. The van der Waals surface area contributed by atoms with Gasteiger partial charge < -0.3 is 16.8 Å². The maximum Gasteiger partial charge on any atom is 0.190 e. The van der Waals surface area contributed by atoms with Gasteiger partial charge in [-0.1, -0.05) is 0 Å². The summed E-state index contributed by atoms with van der Waals surface area (Å²) in [5, 5.41) is 4.25. The lowest BCUT2D eigenvalue weighted by Crippen LogP contribution is -2.64. The molecule has 0 amide bonds. The van der Waals surface area contributed by atoms with E-state index in [-0.39, 0.29) is 0 Å². The Labute approximate surface area is 70.2 Å². The molecule has 0 fully saturated rings. The number of thiocarbonyl (C=S) groups is 1. The second-order valence-corrected chi connectivity index (χ2v) is 3.01. The quantitative estimate of drug-likeness (QED) is 0.264. The number of hydrogen-bond donors (Lipinski definition) is 4. The highest BCUT2D eigenvalue weighted by Crippen LogP contribution is 2.10. The predicted molar refractivity (Wildman–Crippen MR) is 46.6 cm³/mol. The Balaban J connectivity index is 2.97. The molecule has 1 aliphatic heterocycles. The van der Waals surface area contributed by atoms with E-state index < -0.39 is 5.66 Å². The Morgan fingerprint density at radius 2 is 2.27 bits per heavy atom. The highest BCUT2D eigenvalue weighted by Gasteiger charge is 2.29. The van der Waals surface area contributed by atoms with Crippen molar-refractivity contribution in [2.75, 3.05) is 0 Å². The summed E-state index contributed by atoms with van der Waals surface area (Å²) in [6.45, 7) is 1.72. The zero-order valence-corrected chi connectivity index (χ0v) is 6.98. The van der Waals surface area contributed by atoms with E-state index in [4.69, 9.17) is 29.5 Å². The minimum atomic E-state index is -0.799. The molecular weight excluding hydrogens is 162 g/mol. The van der Waals surface area contributed by atoms with Crippen molar-refractivity contribution in [3.8, 4) is 0 Å². The van der Waals surface area contributed by atoms with Gasteiger partial charge in [-0.3, -0.25) is 5.01 Å². The zero-order chi connectivity index (χ0) is 8.65. The molecule has 1 atom stereocenters. The van der Waals surface area contributed by atoms with Crippen LogP contribution < -0.4 is 22.6 Å². The van der Waals surface area contributed by atoms with E-state index >= 15 is 0 Å². The number of nitrogens with two attached hydrogens (primary N) is 3. The van der Waals surface area contributed by atoms with Crippen LogP contribution in [0.3, 0.4) is 0 Å². The second kappa shape index (κ2) is 2.33. The molecule has 0 saturated heterocycles. The molecule has 1 heterocycles. The summed E-state index contributed by atoms with van der Waals surface area (Å²) >= 11 is 4.84. The third-order valence-electron chi connectivity index (χ3n) is 1.44. The van der Waals surface area contributed by atoms with E-state index in [0.717, 1.165) is 0 Å². The molecule has 0 spiro atoms. The van der Waals surface area contributed by atoms with Gasteiger partial charge in [0.25, 0.3) is 0 Å². The second-order valence-electron chi connectivity index (χ2n) is 2.63. The van der Waals surface area contributed by atoms with Crippen LogP contribution in [0.1, 0.15) is 6.92 Å². The molecule has 0 aromatic carbocycles. The Kier molecular flexibility index (Phi) is 1.75. The van der Waals surface area contributed by atoms with Crippen molar-refractivity contribution in [3.63, 3.8) is 0 Å². The third kappa shape index (κ3) is 1.42. The first kappa shape index (κ1) is 8.25. The molecule has 0 aromatic rings. The smallest absolute Gasteiger partial charge is 0.190 e. The summed E-state index contributed by atoms with van der Waals surface area (Å²) in [4.78, 5) is 0. The number of nitrogens with zero attached hydrogens (tertiary/aromatic N) is 1. The SMILES string of the molecule is CC1(N)C=C(N)NC(=S)N1N. The Morgan fingerprint density at radius 1 is 1.73 bits per heavy atom. The minimum absolute atomic E-state index is 0.329. The van der Waals surface area contributed by atoms with Crippen molar-refractivity contribution in [3.05, 3.63) is 11.9 Å². The number of hydrogen-bond acceptors (Lipinski definition) is 4. The van der Waals surface area contributed by atoms with E-state index in [1.54, 1.807) is 13.0 Å². The average molecular weight is 173 g/mol. The van der Waals surface area contributed by atoms with Crippen LogP contribution in [0.15, 0.2) is 11.9 Å². The van der Waals surface area contributed by atoms with Gasteiger partial charge in [0.1, 0.15) is 11.5 Å². The zero-order valence-electron chi connectivity index (χ0n) is 6.16. The summed E-state index contributed by atoms with van der Waals surface area (Å²) in [7, 11) is 0. The average Bonchev–Trinajstić information content (AvgIpc) is 1.81. The van der Waals surface area contributed by atoms with Crippen LogP contribution in [0.4, 0.5) is 0 Å². The first-order valence-corrected chi connectivity index (χ1v) is 3.47. The van der Waals surface area contributed by atoms with Gasteiger partial charge in [0.2, 0.25) is 0 Å². The van der Waals surface area contributed by atoms with E-state index in [2.05, 4.69) is 5.32 Å². The molecule has 0 saturated carbocycles. The molecule has 1 aliphatic rings. The highest BCUT2D eigenvalue weighted by atomic mass is 32.1. The van der Waals surface area contributed by atoms with Gasteiger partial charge in [-0.2, -0.15) is 0 Å². The van der Waals surface area contributed by atoms with Crippen LogP contribution in [0.25, 0.3) is 0 Å². The molecule has 1 unspecified atom stereocenters. The summed E-state index contributed by atoms with van der Waals surface area (Å²) in [5.41, 5.74) is 10.4. The van der Waals surface area contributed by atoms with Gasteiger partial charge in [-0.05, 0) is 25.2 Å². The van der Waals surface area contributed by atoms with E-state index in [9.17, 15) is 0 Å². The van der Waals surface area contributed by atoms with Crippen LogP contribution in [-0.2, 0) is 0 Å². The van der Waals surface area contributed by atoms with Crippen LogP contribution in [-0.4, -0.2) is 15.8 Å². The van der Waals surface area contributed by atoms with Crippen molar-refractivity contribution in [1.82, 2.24) is 10.3 Å². The van der Waals surface area contributed by atoms with Crippen LogP contribution >= 0.6 is 12.2 Å². The minimum Gasteiger partial charge on any atom is -0.385 e. The van der Waals surface area contributed by atoms with Crippen molar-refractivity contribution >= 4 is 17.3 Å². The van der Waals surface area contributed by atoms with Crippen molar-refractivity contribution in [2.24, 2.45) is 17.3 Å². The molecule has 1 rings (SSSR count). The summed E-state index contributed by atoms with van der Waals surface area (Å²) in [6.07, 6.45) is 1.60. The van der Waals surface area contributed by atoms with Crippen molar-refractivity contribution in [2.45, 2.75) is 12.6 Å². The molecule has 0 bridgehead atoms. The Morgan fingerprint density at radius 3 is 2.73 bits per heavy atom. The van der Waals surface area contributed by atoms with E-state index in [1.807, 2.05) is 0 Å². The van der Waals surface area contributed by atoms with Crippen molar-refractivity contribution in [1.29, 1.82) is 0 Å². The van der Waals surface area contributed by atoms with Crippen LogP contribution in [0, 0.1) is 0 Å². The number of rotatable bonds is 0. The monoisotopic (exact) mass is 173 g/mol. The first-order chi connectivity index (χ1) is 4.93. The maximum atomic E-state index is 5.72. The molecule has 0 aliphatic carbocycles. The fourth-order valence-corrected chi connectivity index (χ4v) is 1.14. The van der Waals surface area contributed by atoms with E-state index in [1.165, 1.54) is 5.01 Å². The Bertz CT molecular complexity index is 221. The van der Waals surface area contributed by atoms with Gasteiger partial charge in [0, 0.05) is 0 Å². The first-order valence-electron chi connectivity index (χ1n) is 3.06.